The van der Waals surface area contributed by atoms with Crippen molar-refractivity contribution in [2.75, 3.05) is 0 Å². The third kappa shape index (κ3) is 2.34. The lowest BCUT2D eigenvalue weighted by Crippen LogP contribution is -2.24. The minimum Gasteiger partial charge on any atom is -0.545 e. The lowest BCUT2D eigenvalue weighted by Gasteiger charge is -2.16. The van der Waals surface area contributed by atoms with Gasteiger partial charge in [-0.1, -0.05) is 48.5 Å². The van der Waals surface area contributed by atoms with Crippen LogP contribution in [0.3, 0.4) is 0 Å². The summed E-state index contributed by atoms with van der Waals surface area (Å²) in [5.74, 6) is -1.17. The molecule has 0 saturated carbocycles. The minimum atomic E-state index is -1.17. The number of hydrogen-bond acceptors (Lipinski definition) is 2. The van der Waals surface area contributed by atoms with E-state index in [4.69, 9.17) is 0 Å². The summed E-state index contributed by atoms with van der Waals surface area (Å²) in [5.41, 5.74) is 3.79. The average molecular weight is 276 g/mol. The van der Waals surface area contributed by atoms with Gasteiger partial charge in [-0.25, -0.2) is 0 Å². The fraction of sp³-hybridized carbons (Fsp3) is 0.0556. The van der Waals surface area contributed by atoms with Crippen LogP contribution in [-0.2, 0) is 0 Å². The largest absolute Gasteiger partial charge is 0.545 e. The van der Waals surface area contributed by atoms with Gasteiger partial charge in [0.1, 0.15) is 0 Å². The number of aromatic nitrogens is 1. The Balaban J connectivity index is 2.25. The van der Waals surface area contributed by atoms with Crippen LogP contribution < -0.4 is 5.11 Å². The number of aryl methyl sites for hydroxylation is 1. The molecule has 0 fully saturated rings. The Morgan fingerprint density at radius 2 is 1.57 bits per heavy atom. The van der Waals surface area contributed by atoms with Crippen LogP contribution in [0.4, 0.5) is 0 Å². The SMILES string of the molecule is Cc1ccc(-c2ccccc2)n1-c1ccccc1C(=O)[O-]. The Hall–Kier alpha value is -2.81. The highest BCUT2D eigenvalue weighted by molar-refractivity contribution is 5.91. The summed E-state index contributed by atoms with van der Waals surface area (Å²) in [4.78, 5) is 11.4. The molecule has 0 aliphatic heterocycles. The average Bonchev–Trinajstić information content (AvgIpc) is 2.89. The maximum Gasteiger partial charge on any atom is 0.0736 e. The Labute approximate surface area is 123 Å². The molecular formula is C18H14NO2-. The van der Waals surface area contributed by atoms with Crippen molar-refractivity contribution in [1.82, 2.24) is 4.57 Å². The van der Waals surface area contributed by atoms with Crippen molar-refractivity contribution in [1.29, 1.82) is 0 Å². The lowest BCUT2D eigenvalue weighted by atomic mass is 10.1. The van der Waals surface area contributed by atoms with Crippen LogP contribution in [0, 0.1) is 6.92 Å². The monoisotopic (exact) mass is 276 g/mol. The molecule has 0 aliphatic rings. The van der Waals surface area contributed by atoms with Gasteiger partial charge in [0.05, 0.1) is 17.4 Å². The van der Waals surface area contributed by atoms with Gasteiger partial charge in [-0.3, -0.25) is 0 Å². The smallest absolute Gasteiger partial charge is 0.0736 e. The number of carboxylic acid groups (broad SMARTS) is 1. The fourth-order valence-corrected chi connectivity index (χ4v) is 2.53. The maximum atomic E-state index is 11.4. The molecule has 0 spiro atoms. The number of aromatic carboxylic acids is 1. The molecule has 0 radical (unpaired) electrons. The van der Waals surface area contributed by atoms with E-state index in [1.165, 1.54) is 0 Å². The molecule has 3 rings (SSSR count). The van der Waals surface area contributed by atoms with E-state index in [1.807, 2.05) is 60.0 Å². The number of rotatable bonds is 3. The van der Waals surface area contributed by atoms with Gasteiger partial charge >= 0.3 is 0 Å². The predicted octanol–water partition coefficient (Wildman–Crippen LogP) is 2.82. The van der Waals surface area contributed by atoms with Gasteiger partial charge in [0.2, 0.25) is 0 Å². The molecule has 2 aromatic carbocycles. The van der Waals surface area contributed by atoms with E-state index < -0.39 is 5.97 Å². The topological polar surface area (TPSA) is 45.1 Å². The molecule has 0 atom stereocenters. The van der Waals surface area contributed by atoms with Crippen molar-refractivity contribution in [2.24, 2.45) is 0 Å². The van der Waals surface area contributed by atoms with Crippen molar-refractivity contribution in [2.45, 2.75) is 6.92 Å². The number of para-hydroxylation sites is 1. The summed E-state index contributed by atoms with van der Waals surface area (Å²) >= 11 is 0. The lowest BCUT2D eigenvalue weighted by molar-refractivity contribution is -0.255. The first-order chi connectivity index (χ1) is 10.2. The van der Waals surface area contributed by atoms with E-state index in [0.29, 0.717) is 5.69 Å². The highest BCUT2D eigenvalue weighted by atomic mass is 16.4. The van der Waals surface area contributed by atoms with Crippen molar-refractivity contribution in [3.05, 3.63) is 78.0 Å². The third-order valence-electron chi connectivity index (χ3n) is 3.51. The molecule has 0 bridgehead atoms. The van der Waals surface area contributed by atoms with Gasteiger partial charge < -0.3 is 14.5 Å². The van der Waals surface area contributed by atoms with E-state index in [9.17, 15) is 9.90 Å². The van der Waals surface area contributed by atoms with Crippen molar-refractivity contribution >= 4 is 5.97 Å². The number of benzene rings is 2. The number of nitrogens with zero attached hydrogens (tertiary/aromatic N) is 1. The summed E-state index contributed by atoms with van der Waals surface area (Å²) in [6.45, 7) is 1.96. The summed E-state index contributed by atoms with van der Waals surface area (Å²) in [5, 5.41) is 11.4. The van der Waals surface area contributed by atoms with Crippen LogP contribution in [0.1, 0.15) is 16.1 Å². The first kappa shape index (κ1) is 13.2. The highest BCUT2D eigenvalue weighted by Crippen LogP contribution is 2.27. The second-order valence-electron chi connectivity index (χ2n) is 4.87. The van der Waals surface area contributed by atoms with E-state index in [-0.39, 0.29) is 5.56 Å². The Morgan fingerprint density at radius 1 is 0.905 bits per heavy atom. The maximum absolute atomic E-state index is 11.4. The Kier molecular flexibility index (Phi) is 3.32. The zero-order valence-electron chi connectivity index (χ0n) is 11.6. The number of carbonyl (C=O) groups is 1. The predicted molar refractivity (Wildman–Crippen MR) is 80.3 cm³/mol. The summed E-state index contributed by atoms with van der Waals surface area (Å²) < 4.78 is 1.94. The molecule has 0 unspecified atom stereocenters. The van der Waals surface area contributed by atoms with Gasteiger partial charge in [-0.2, -0.15) is 0 Å². The molecule has 3 heteroatoms. The minimum absolute atomic E-state index is 0.189. The second kappa shape index (κ2) is 5.29. The highest BCUT2D eigenvalue weighted by Gasteiger charge is 2.12. The Morgan fingerprint density at radius 3 is 2.29 bits per heavy atom. The molecule has 3 aromatic rings. The van der Waals surface area contributed by atoms with Crippen LogP contribution in [-0.4, -0.2) is 10.5 Å². The van der Waals surface area contributed by atoms with Crippen LogP contribution in [0.2, 0.25) is 0 Å². The van der Waals surface area contributed by atoms with Gasteiger partial charge in [0.25, 0.3) is 0 Å². The molecule has 104 valence electrons. The standard InChI is InChI=1S/C18H15NO2/c1-13-11-12-16(14-7-3-2-4-8-14)19(13)17-10-6-5-9-15(17)18(20)21/h2-12H,1H3,(H,20,21)/p-1. The molecule has 0 amide bonds. The normalized spacial score (nSPS) is 10.5. The van der Waals surface area contributed by atoms with Crippen molar-refractivity contribution in [3.8, 4) is 16.9 Å². The molecule has 1 heterocycles. The van der Waals surface area contributed by atoms with Crippen LogP contribution in [0.5, 0.6) is 0 Å². The number of hydrogen-bond donors (Lipinski definition) is 0. The molecule has 3 nitrogen and oxygen atoms in total. The van der Waals surface area contributed by atoms with Crippen LogP contribution in [0.15, 0.2) is 66.7 Å². The zero-order chi connectivity index (χ0) is 14.8. The van der Waals surface area contributed by atoms with Gasteiger partial charge in [0, 0.05) is 11.3 Å². The molecule has 0 N–H and O–H groups in total. The second-order valence-corrected chi connectivity index (χ2v) is 4.87. The van der Waals surface area contributed by atoms with E-state index in [0.717, 1.165) is 17.0 Å². The quantitative estimate of drug-likeness (QED) is 0.738. The fourth-order valence-electron chi connectivity index (χ4n) is 2.53. The summed E-state index contributed by atoms with van der Waals surface area (Å²) in [6, 6.07) is 20.8. The van der Waals surface area contributed by atoms with Crippen molar-refractivity contribution < 1.29 is 9.90 Å². The molecule has 1 aromatic heterocycles. The van der Waals surface area contributed by atoms with Gasteiger partial charge in [0.15, 0.2) is 0 Å². The third-order valence-corrected chi connectivity index (χ3v) is 3.51. The first-order valence-electron chi connectivity index (χ1n) is 6.73. The molecular weight excluding hydrogens is 262 g/mol. The van der Waals surface area contributed by atoms with Crippen LogP contribution >= 0.6 is 0 Å². The summed E-state index contributed by atoms with van der Waals surface area (Å²) in [7, 11) is 0. The number of carboxylic acids is 1. The van der Waals surface area contributed by atoms with E-state index in [1.54, 1.807) is 18.2 Å². The van der Waals surface area contributed by atoms with Crippen molar-refractivity contribution in [3.63, 3.8) is 0 Å². The molecule has 21 heavy (non-hydrogen) atoms. The van der Waals surface area contributed by atoms with E-state index in [2.05, 4.69) is 0 Å². The zero-order valence-corrected chi connectivity index (χ0v) is 11.6. The first-order valence-corrected chi connectivity index (χ1v) is 6.73. The molecule has 0 saturated heterocycles. The van der Waals surface area contributed by atoms with Gasteiger partial charge in [-0.05, 0) is 30.7 Å². The number of carbonyl (C=O) groups excluding carboxylic acids is 1. The van der Waals surface area contributed by atoms with Crippen LogP contribution in [0.25, 0.3) is 16.9 Å². The van der Waals surface area contributed by atoms with Gasteiger partial charge in [-0.15, -0.1) is 0 Å². The summed E-state index contributed by atoms with van der Waals surface area (Å²) in [6.07, 6.45) is 0. The Bertz CT molecular complexity index is 788. The van der Waals surface area contributed by atoms with E-state index >= 15 is 0 Å². The molecule has 0 aliphatic carbocycles.